The number of anilines is 1. The largest absolute Gasteiger partial charge is 0.444 e. The van der Waals surface area contributed by atoms with E-state index in [0.717, 1.165) is 0 Å². The van der Waals surface area contributed by atoms with Crippen LogP contribution in [0.25, 0.3) is 0 Å². The summed E-state index contributed by atoms with van der Waals surface area (Å²) in [6.07, 6.45) is -0.729. The molecule has 2 fully saturated rings. The third kappa shape index (κ3) is 5.40. The summed E-state index contributed by atoms with van der Waals surface area (Å²) in [5, 5.41) is 2.95. The van der Waals surface area contributed by atoms with Crippen LogP contribution in [0.15, 0.2) is 23.2 Å². The first-order valence-corrected chi connectivity index (χ1v) is 12.5. The molecule has 164 valence electrons. The summed E-state index contributed by atoms with van der Waals surface area (Å²) >= 11 is 13.7. The predicted octanol–water partition coefficient (Wildman–Crippen LogP) is 3.12. The normalized spacial score (nSPS) is 24.0. The Hall–Kier alpha value is -1.49. The Labute approximate surface area is 189 Å². The number of carbonyl (C=O) groups is 2. The van der Waals surface area contributed by atoms with Crippen LogP contribution in [-0.4, -0.2) is 60.5 Å². The average Bonchev–Trinajstić information content (AvgIpc) is 3.05. The molecule has 0 saturated carbocycles. The van der Waals surface area contributed by atoms with Gasteiger partial charge >= 0.3 is 6.09 Å². The molecule has 2 atom stereocenters. The number of hydrogen-bond donors (Lipinski definition) is 1. The number of amides is 2. The van der Waals surface area contributed by atoms with E-state index in [1.165, 1.54) is 11.8 Å². The Balaban J connectivity index is 1.83. The molecule has 3 rings (SSSR count). The number of sulfone groups is 1. The zero-order valence-corrected chi connectivity index (χ0v) is 19.7. The lowest BCUT2D eigenvalue weighted by Crippen LogP contribution is -2.39. The maximum atomic E-state index is 12.4. The van der Waals surface area contributed by atoms with Crippen LogP contribution in [0, 0.1) is 0 Å². The number of rotatable bonds is 3. The highest BCUT2D eigenvalue weighted by Crippen LogP contribution is 2.44. The Morgan fingerprint density at radius 1 is 1.30 bits per heavy atom. The number of thioether (sulfide) groups is 1. The lowest BCUT2D eigenvalue weighted by molar-refractivity contribution is -0.117. The van der Waals surface area contributed by atoms with Gasteiger partial charge in [-0.3, -0.25) is 4.79 Å². The molecule has 1 aromatic carbocycles. The number of nitrogens with zero attached hydrogens (tertiary/aromatic N) is 2. The Kier molecular flexibility index (Phi) is 6.62. The molecule has 2 amide bonds. The van der Waals surface area contributed by atoms with Crippen molar-refractivity contribution in [2.75, 3.05) is 23.0 Å². The Morgan fingerprint density at radius 2 is 2.00 bits per heavy atom. The second-order valence-electron chi connectivity index (χ2n) is 7.89. The summed E-state index contributed by atoms with van der Waals surface area (Å²) in [6.45, 7) is 4.78. The van der Waals surface area contributed by atoms with Crippen LogP contribution >= 0.6 is 35.0 Å². The Bertz CT molecular complexity index is 1010. The minimum Gasteiger partial charge on any atom is -0.444 e. The van der Waals surface area contributed by atoms with Gasteiger partial charge in [-0.25, -0.2) is 13.2 Å². The van der Waals surface area contributed by atoms with E-state index < -0.39 is 33.5 Å². The minimum absolute atomic E-state index is 0.0135. The monoisotopic (exact) mass is 493 g/mol. The molecular formula is C18H21Cl2N3O5S2. The highest BCUT2D eigenvalue weighted by Gasteiger charge is 2.49. The number of ether oxygens (including phenoxy) is 1. The number of benzene rings is 1. The SMILES string of the molecule is CC(C)(C)OC(=O)NCC(=O)N=C1S[C@H]2CS(=O)(=O)C[C@@H]2N1c1cccc(Cl)c1Cl. The molecule has 0 unspecified atom stereocenters. The summed E-state index contributed by atoms with van der Waals surface area (Å²) < 4.78 is 29.3. The summed E-state index contributed by atoms with van der Waals surface area (Å²) in [5.41, 5.74) is -0.212. The minimum atomic E-state index is -3.21. The van der Waals surface area contributed by atoms with E-state index >= 15 is 0 Å². The van der Waals surface area contributed by atoms with Gasteiger partial charge in [0.05, 0.1) is 33.3 Å². The van der Waals surface area contributed by atoms with E-state index in [1.54, 1.807) is 43.9 Å². The molecule has 1 N–H and O–H groups in total. The van der Waals surface area contributed by atoms with Crippen LogP contribution in [0.1, 0.15) is 20.8 Å². The van der Waals surface area contributed by atoms with Crippen LogP contribution < -0.4 is 10.2 Å². The fourth-order valence-corrected chi connectivity index (χ4v) is 7.44. The van der Waals surface area contributed by atoms with Crippen LogP contribution in [0.3, 0.4) is 0 Å². The number of hydrogen-bond acceptors (Lipinski definition) is 6. The van der Waals surface area contributed by atoms with Gasteiger partial charge in [-0.05, 0) is 32.9 Å². The van der Waals surface area contributed by atoms with Crippen molar-refractivity contribution in [2.24, 2.45) is 4.99 Å². The smallest absolute Gasteiger partial charge is 0.408 e. The van der Waals surface area contributed by atoms with Gasteiger partial charge in [0.1, 0.15) is 12.1 Å². The van der Waals surface area contributed by atoms with Crippen LogP contribution in [0.4, 0.5) is 10.5 Å². The van der Waals surface area contributed by atoms with Crippen molar-refractivity contribution < 1.29 is 22.7 Å². The fraction of sp³-hybridized carbons (Fsp3) is 0.500. The van der Waals surface area contributed by atoms with E-state index in [2.05, 4.69) is 10.3 Å². The number of fused-ring (bicyclic) bond motifs is 1. The first kappa shape index (κ1) is 23.2. The third-order valence-corrected chi connectivity index (χ3v) is 8.28. The van der Waals surface area contributed by atoms with Crippen molar-refractivity contribution >= 4 is 67.7 Å². The van der Waals surface area contributed by atoms with E-state index in [9.17, 15) is 18.0 Å². The van der Waals surface area contributed by atoms with Gasteiger partial charge in [0.15, 0.2) is 15.0 Å². The number of halogens is 2. The lowest BCUT2D eigenvalue weighted by atomic mass is 10.2. The fourth-order valence-electron chi connectivity index (χ4n) is 3.13. The topological polar surface area (TPSA) is 105 Å². The van der Waals surface area contributed by atoms with Crippen LogP contribution in [-0.2, 0) is 19.4 Å². The van der Waals surface area contributed by atoms with E-state index in [1.807, 2.05) is 0 Å². The first-order valence-electron chi connectivity index (χ1n) is 9.05. The maximum absolute atomic E-state index is 12.4. The molecule has 2 saturated heterocycles. The van der Waals surface area contributed by atoms with Crippen molar-refractivity contribution in [3.05, 3.63) is 28.2 Å². The van der Waals surface area contributed by atoms with Crippen molar-refractivity contribution in [1.29, 1.82) is 0 Å². The van der Waals surface area contributed by atoms with Crippen molar-refractivity contribution in [2.45, 2.75) is 37.7 Å². The molecule has 8 nitrogen and oxygen atoms in total. The standard InChI is InChI=1S/C18H21Cl2N3O5S2/c1-18(2,3)28-17(25)21-7-14(24)22-16-23(11-6-4-5-10(19)15(11)20)12-8-30(26,27)9-13(12)29-16/h4-6,12-13H,7-9H2,1-3H3,(H,21,25)/t12-,13-/m0/s1. The van der Waals surface area contributed by atoms with Crippen LogP contribution in [0.5, 0.6) is 0 Å². The molecule has 0 aliphatic carbocycles. The predicted molar refractivity (Wildman–Crippen MR) is 119 cm³/mol. The van der Waals surface area contributed by atoms with Gasteiger partial charge in [-0.2, -0.15) is 4.99 Å². The maximum Gasteiger partial charge on any atom is 0.408 e. The third-order valence-electron chi connectivity index (χ3n) is 4.26. The summed E-state index contributed by atoms with van der Waals surface area (Å²) in [5.74, 6) is -0.689. The molecular weight excluding hydrogens is 473 g/mol. The van der Waals surface area contributed by atoms with Gasteiger partial charge < -0.3 is 15.0 Å². The molecule has 0 radical (unpaired) electrons. The first-order chi connectivity index (χ1) is 13.9. The number of alkyl carbamates (subject to hydrolysis) is 1. The zero-order valence-electron chi connectivity index (χ0n) is 16.5. The van der Waals surface area contributed by atoms with Gasteiger partial charge in [-0.15, -0.1) is 0 Å². The van der Waals surface area contributed by atoms with E-state index in [-0.39, 0.29) is 28.3 Å². The zero-order chi connectivity index (χ0) is 22.3. The molecule has 0 aromatic heterocycles. The van der Waals surface area contributed by atoms with Gasteiger partial charge in [0.25, 0.3) is 5.91 Å². The second-order valence-corrected chi connectivity index (χ2v) is 12.0. The summed E-state index contributed by atoms with van der Waals surface area (Å²) in [4.78, 5) is 29.9. The molecule has 2 aliphatic rings. The van der Waals surface area contributed by atoms with Gasteiger partial charge in [0.2, 0.25) is 0 Å². The van der Waals surface area contributed by atoms with Crippen molar-refractivity contribution in [1.82, 2.24) is 5.32 Å². The second kappa shape index (κ2) is 8.57. The van der Waals surface area contributed by atoms with Gasteiger partial charge in [0, 0.05) is 5.25 Å². The highest BCUT2D eigenvalue weighted by atomic mass is 35.5. The number of amidine groups is 1. The summed E-state index contributed by atoms with van der Waals surface area (Å²) in [6, 6.07) is 4.59. The molecule has 2 heterocycles. The number of aliphatic imine (C=N–C) groups is 1. The van der Waals surface area contributed by atoms with E-state index in [4.69, 9.17) is 27.9 Å². The quantitative estimate of drug-likeness (QED) is 0.689. The average molecular weight is 494 g/mol. The molecule has 1 aromatic rings. The van der Waals surface area contributed by atoms with E-state index in [0.29, 0.717) is 15.9 Å². The summed E-state index contributed by atoms with van der Waals surface area (Å²) in [7, 11) is -3.21. The van der Waals surface area contributed by atoms with Crippen molar-refractivity contribution in [3.63, 3.8) is 0 Å². The number of nitrogens with one attached hydrogen (secondary N) is 1. The van der Waals surface area contributed by atoms with Crippen molar-refractivity contribution in [3.8, 4) is 0 Å². The highest BCUT2D eigenvalue weighted by molar-refractivity contribution is 8.16. The Morgan fingerprint density at radius 3 is 2.67 bits per heavy atom. The van der Waals surface area contributed by atoms with Crippen LogP contribution in [0.2, 0.25) is 10.0 Å². The molecule has 0 bridgehead atoms. The molecule has 2 aliphatic heterocycles. The van der Waals surface area contributed by atoms with Gasteiger partial charge in [-0.1, -0.05) is 41.0 Å². The molecule has 0 spiro atoms. The number of carbonyl (C=O) groups excluding carboxylic acids is 2. The lowest BCUT2D eigenvalue weighted by Gasteiger charge is -2.25. The molecule has 12 heteroatoms. The molecule has 30 heavy (non-hydrogen) atoms.